The second kappa shape index (κ2) is 2.94. The minimum atomic E-state index is 0.567. The predicted octanol–water partition coefficient (Wildman–Crippen LogP) is 0.339. The second-order valence-electron chi connectivity index (χ2n) is 4.78. The van der Waals surface area contributed by atoms with Gasteiger partial charge in [0.25, 0.3) is 0 Å². The smallest absolute Gasteiger partial charge is 0.0355 e. The van der Waals surface area contributed by atoms with Crippen LogP contribution in [0.4, 0.5) is 0 Å². The van der Waals surface area contributed by atoms with Gasteiger partial charge in [-0.05, 0) is 31.6 Å². The number of nitrogens with one attached hydrogen (secondary N) is 2. The average molecular weight is 181 g/mol. The van der Waals surface area contributed by atoms with Gasteiger partial charge in [-0.1, -0.05) is 0 Å². The zero-order chi connectivity index (χ0) is 8.73. The molecule has 1 saturated heterocycles. The fraction of sp³-hybridized carbons (Fsp3) is 1.00. The Morgan fingerprint density at radius 2 is 1.85 bits per heavy atom. The van der Waals surface area contributed by atoms with Gasteiger partial charge in [-0.25, -0.2) is 10.4 Å². The fourth-order valence-corrected chi connectivity index (χ4v) is 2.47. The lowest BCUT2D eigenvalue weighted by Gasteiger charge is -2.32. The van der Waals surface area contributed by atoms with Gasteiger partial charge in [0.15, 0.2) is 0 Å². The molecule has 0 aromatic carbocycles. The molecule has 0 amide bonds. The van der Waals surface area contributed by atoms with Crippen LogP contribution in [-0.2, 0) is 0 Å². The highest BCUT2D eigenvalue weighted by atomic mass is 15.6. The third kappa shape index (κ3) is 1.60. The number of rotatable bonds is 3. The van der Waals surface area contributed by atoms with Crippen LogP contribution in [0.3, 0.4) is 0 Å². The van der Waals surface area contributed by atoms with E-state index in [-0.39, 0.29) is 0 Å². The van der Waals surface area contributed by atoms with E-state index in [1.807, 2.05) is 0 Å². The van der Waals surface area contributed by atoms with Crippen molar-refractivity contribution < 1.29 is 0 Å². The van der Waals surface area contributed by atoms with Crippen LogP contribution in [0.15, 0.2) is 0 Å². The summed E-state index contributed by atoms with van der Waals surface area (Å²) in [7, 11) is 0. The van der Waals surface area contributed by atoms with Crippen LogP contribution < -0.4 is 10.7 Å². The van der Waals surface area contributed by atoms with Crippen LogP contribution in [0.5, 0.6) is 0 Å². The maximum Gasteiger partial charge on any atom is 0.0355 e. The lowest BCUT2D eigenvalue weighted by atomic mass is 10.2. The topological polar surface area (TPSA) is 27.3 Å². The van der Waals surface area contributed by atoms with Gasteiger partial charge < -0.3 is 5.32 Å². The Morgan fingerprint density at radius 1 is 1.15 bits per heavy atom. The average Bonchev–Trinajstić information content (AvgIpc) is 3.00. The van der Waals surface area contributed by atoms with Crippen molar-refractivity contribution in [2.75, 3.05) is 26.2 Å². The molecule has 2 aliphatic carbocycles. The summed E-state index contributed by atoms with van der Waals surface area (Å²) in [5, 5.41) is 5.82. The van der Waals surface area contributed by atoms with Crippen LogP contribution in [0.2, 0.25) is 0 Å². The Morgan fingerprint density at radius 3 is 2.38 bits per heavy atom. The molecule has 0 spiro atoms. The number of piperazine rings is 1. The second-order valence-corrected chi connectivity index (χ2v) is 4.78. The van der Waals surface area contributed by atoms with Crippen molar-refractivity contribution in [2.24, 2.45) is 5.92 Å². The Kier molecular flexibility index (Phi) is 1.86. The van der Waals surface area contributed by atoms with E-state index in [1.54, 1.807) is 0 Å². The van der Waals surface area contributed by atoms with Gasteiger partial charge in [-0.3, -0.25) is 0 Å². The van der Waals surface area contributed by atoms with Crippen molar-refractivity contribution in [3.05, 3.63) is 0 Å². The standard InChI is InChI=1S/C10H19N3/c1-2-9(1)10(3-4-10)12-13-7-5-11-6-8-13/h9,11-12H,1-8H2. The van der Waals surface area contributed by atoms with E-state index in [9.17, 15) is 0 Å². The molecule has 1 aliphatic heterocycles. The molecule has 3 fully saturated rings. The number of nitrogens with zero attached hydrogens (tertiary/aromatic N) is 1. The zero-order valence-corrected chi connectivity index (χ0v) is 8.18. The third-order valence-corrected chi connectivity index (χ3v) is 3.65. The Labute approximate surface area is 79.8 Å². The summed E-state index contributed by atoms with van der Waals surface area (Å²) >= 11 is 0. The maximum absolute atomic E-state index is 3.76. The number of hydrogen-bond acceptors (Lipinski definition) is 3. The molecule has 0 aromatic heterocycles. The van der Waals surface area contributed by atoms with Crippen molar-refractivity contribution in [3.63, 3.8) is 0 Å². The molecule has 0 atom stereocenters. The molecular weight excluding hydrogens is 162 g/mol. The van der Waals surface area contributed by atoms with Gasteiger partial charge in [0.05, 0.1) is 0 Å². The minimum absolute atomic E-state index is 0.567. The molecule has 3 nitrogen and oxygen atoms in total. The van der Waals surface area contributed by atoms with Gasteiger partial charge in [0.1, 0.15) is 0 Å². The molecule has 0 unspecified atom stereocenters. The van der Waals surface area contributed by atoms with E-state index < -0.39 is 0 Å². The van der Waals surface area contributed by atoms with E-state index in [4.69, 9.17) is 0 Å². The van der Waals surface area contributed by atoms with Crippen molar-refractivity contribution >= 4 is 0 Å². The van der Waals surface area contributed by atoms with E-state index in [0.717, 1.165) is 19.0 Å². The molecular formula is C10H19N3. The van der Waals surface area contributed by atoms with E-state index in [0.29, 0.717) is 5.54 Å². The monoisotopic (exact) mass is 181 g/mol. The first kappa shape index (κ1) is 8.21. The van der Waals surface area contributed by atoms with E-state index in [2.05, 4.69) is 15.8 Å². The summed E-state index contributed by atoms with van der Waals surface area (Å²) in [4.78, 5) is 0. The first-order valence-electron chi connectivity index (χ1n) is 5.63. The quantitative estimate of drug-likeness (QED) is 0.657. The summed E-state index contributed by atoms with van der Waals surface area (Å²) < 4.78 is 0. The first-order chi connectivity index (χ1) is 6.39. The summed E-state index contributed by atoms with van der Waals surface area (Å²) in [5.41, 5.74) is 4.33. The lowest BCUT2D eigenvalue weighted by molar-refractivity contribution is 0.120. The largest absolute Gasteiger partial charge is 0.314 e. The van der Waals surface area contributed by atoms with Gasteiger partial charge in [-0.2, -0.15) is 0 Å². The Balaban J connectivity index is 1.55. The third-order valence-electron chi connectivity index (χ3n) is 3.65. The van der Waals surface area contributed by atoms with Crippen molar-refractivity contribution in [2.45, 2.75) is 31.2 Å². The van der Waals surface area contributed by atoms with Crippen molar-refractivity contribution in [1.29, 1.82) is 0 Å². The summed E-state index contributed by atoms with van der Waals surface area (Å²) in [6, 6.07) is 0. The molecule has 3 rings (SSSR count). The van der Waals surface area contributed by atoms with Crippen LogP contribution >= 0.6 is 0 Å². The molecule has 74 valence electrons. The SMILES string of the molecule is C1CN(NC2(C3CC3)CC2)CCN1. The van der Waals surface area contributed by atoms with Crippen LogP contribution in [0.25, 0.3) is 0 Å². The molecule has 0 bridgehead atoms. The fourth-order valence-electron chi connectivity index (χ4n) is 2.47. The number of hydrogen-bond donors (Lipinski definition) is 2. The van der Waals surface area contributed by atoms with Gasteiger partial charge in [0.2, 0.25) is 0 Å². The van der Waals surface area contributed by atoms with Crippen LogP contribution in [0, 0.1) is 5.92 Å². The van der Waals surface area contributed by atoms with Gasteiger partial charge >= 0.3 is 0 Å². The summed E-state index contributed by atoms with van der Waals surface area (Å²) in [5.74, 6) is 1.02. The lowest BCUT2D eigenvalue weighted by Crippen LogP contribution is -2.55. The van der Waals surface area contributed by atoms with Gasteiger partial charge in [0, 0.05) is 31.7 Å². The highest BCUT2D eigenvalue weighted by molar-refractivity contribution is 5.10. The Bertz CT molecular complexity index is 190. The summed E-state index contributed by atoms with van der Waals surface area (Å²) in [6.45, 7) is 4.64. The summed E-state index contributed by atoms with van der Waals surface area (Å²) in [6.07, 6.45) is 5.78. The predicted molar refractivity (Wildman–Crippen MR) is 52.3 cm³/mol. The van der Waals surface area contributed by atoms with E-state index in [1.165, 1.54) is 38.8 Å². The van der Waals surface area contributed by atoms with Gasteiger partial charge in [-0.15, -0.1) is 0 Å². The van der Waals surface area contributed by atoms with Crippen LogP contribution in [0.1, 0.15) is 25.7 Å². The molecule has 0 radical (unpaired) electrons. The molecule has 0 aromatic rings. The molecule has 3 heteroatoms. The van der Waals surface area contributed by atoms with Crippen molar-refractivity contribution in [1.82, 2.24) is 15.8 Å². The highest BCUT2D eigenvalue weighted by Gasteiger charge is 2.54. The zero-order valence-electron chi connectivity index (χ0n) is 8.18. The molecule has 2 saturated carbocycles. The minimum Gasteiger partial charge on any atom is -0.314 e. The van der Waals surface area contributed by atoms with Crippen molar-refractivity contribution in [3.8, 4) is 0 Å². The highest BCUT2D eigenvalue weighted by Crippen LogP contribution is 2.53. The number of hydrazine groups is 1. The molecule has 13 heavy (non-hydrogen) atoms. The normalized spacial score (nSPS) is 33.2. The first-order valence-corrected chi connectivity index (χ1v) is 5.63. The molecule has 1 heterocycles. The Hall–Kier alpha value is -0.120. The molecule has 3 aliphatic rings. The molecule has 2 N–H and O–H groups in total. The van der Waals surface area contributed by atoms with Crippen LogP contribution in [-0.4, -0.2) is 36.7 Å². The van der Waals surface area contributed by atoms with E-state index >= 15 is 0 Å². The maximum atomic E-state index is 3.76.